The Hall–Kier alpha value is -0.880. The van der Waals surface area contributed by atoms with E-state index in [1.165, 1.54) is 12.0 Å². The lowest BCUT2D eigenvalue weighted by Gasteiger charge is -2.12. The van der Waals surface area contributed by atoms with E-state index in [9.17, 15) is 8.42 Å². The van der Waals surface area contributed by atoms with Gasteiger partial charge >= 0.3 is 0 Å². The molecule has 0 aromatic carbocycles. The second-order valence-electron chi connectivity index (χ2n) is 7.28. The summed E-state index contributed by atoms with van der Waals surface area (Å²) in [6, 6.07) is 0.603. The number of hydrogen-bond acceptors (Lipinski definition) is 4. The molecule has 2 heterocycles. The van der Waals surface area contributed by atoms with Crippen molar-refractivity contribution < 1.29 is 8.42 Å². The monoisotopic (exact) mass is 311 g/mol. The molecule has 1 aliphatic carbocycles. The minimum absolute atomic E-state index is 0.0137. The van der Waals surface area contributed by atoms with Crippen LogP contribution in [0.2, 0.25) is 0 Å². The van der Waals surface area contributed by atoms with Crippen molar-refractivity contribution in [3.8, 4) is 0 Å². The lowest BCUT2D eigenvalue weighted by molar-refractivity contribution is 0.484. The summed E-state index contributed by atoms with van der Waals surface area (Å²) in [5.74, 6) is 0.525. The summed E-state index contributed by atoms with van der Waals surface area (Å²) in [6.45, 7) is 9.45. The van der Waals surface area contributed by atoms with Gasteiger partial charge in [0.15, 0.2) is 9.84 Å². The van der Waals surface area contributed by atoms with Crippen molar-refractivity contribution in [2.45, 2.75) is 59.2 Å². The van der Waals surface area contributed by atoms with Gasteiger partial charge in [-0.3, -0.25) is 4.68 Å². The number of aromatic nitrogens is 2. The Morgan fingerprint density at radius 3 is 2.57 bits per heavy atom. The molecule has 3 rings (SSSR count). The van der Waals surface area contributed by atoms with E-state index in [4.69, 9.17) is 0 Å². The molecule has 0 radical (unpaired) electrons. The zero-order chi connectivity index (χ0) is 15.4. The molecule has 1 N–H and O–H groups in total. The molecule has 118 valence electrons. The molecule has 1 aromatic heterocycles. The van der Waals surface area contributed by atoms with Crippen molar-refractivity contribution in [1.29, 1.82) is 0 Å². The van der Waals surface area contributed by atoms with Crippen LogP contribution >= 0.6 is 0 Å². The molecule has 21 heavy (non-hydrogen) atoms. The molecule has 1 aromatic rings. The normalized spacial score (nSPS) is 29.7. The van der Waals surface area contributed by atoms with E-state index in [0.29, 0.717) is 23.6 Å². The predicted octanol–water partition coefficient (Wildman–Crippen LogP) is 1.75. The second-order valence-corrected chi connectivity index (χ2v) is 9.51. The van der Waals surface area contributed by atoms with Gasteiger partial charge in [-0.15, -0.1) is 0 Å². The van der Waals surface area contributed by atoms with Gasteiger partial charge in [-0.25, -0.2) is 8.42 Å². The van der Waals surface area contributed by atoms with Crippen LogP contribution in [0, 0.1) is 19.3 Å². The van der Waals surface area contributed by atoms with E-state index in [1.54, 1.807) is 0 Å². The smallest absolute Gasteiger partial charge is 0.152 e. The van der Waals surface area contributed by atoms with Gasteiger partial charge in [0, 0.05) is 23.8 Å². The number of hydrogen-bond donors (Lipinski definition) is 1. The third-order valence-electron chi connectivity index (χ3n) is 5.07. The summed E-state index contributed by atoms with van der Waals surface area (Å²) in [5, 5.41) is 8.20. The number of aryl methyl sites for hydroxylation is 1. The Balaban J connectivity index is 1.74. The summed E-state index contributed by atoms with van der Waals surface area (Å²) >= 11 is 0. The molecule has 1 saturated heterocycles. The van der Waals surface area contributed by atoms with Crippen molar-refractivity contribution in [1.82, 2.24) is 15.1 Å². The van der Waals surface area contributed by atoms with Gasteiger partial charge in [-0.05, 0) is 32.1 Å². The van der Waals surface area contributed by atoms with Gasteiger partial charge in [-0.2, -0.15) is 5.10 Å². The average molecular weight is 311 g/mol. The number of rotatable bonds is 4. The molecule has 2 atom stereocenters. The third-order valence-corrected chi connectivity index (χ3v) is 6.82. The molecule has 2 unspecified atom stereocenters. The van der Waals surface area contributed by atoms with Crippen LogP contribution in [0.25, 0.3) is 0 Å². The molecule has 1 aliphatic heterocycles. The van der Waals surface area contributed by atoms with E-state index >= 15 is 0 Å². The van der Waals surface area contributed by atoms with Crippen molar-refractivity contribution in [2.75, 3.05) is 11.5 Å². The van der Waals surface area contributed by atoms with Crippen LogP contribution < -0.4 is 5.32 Å². The van der Waals surface area contributed by atoms with E-state index in [-0.39, 0.29) is 11.8 Å². The predicted molar refractivity (Wildman–Crippen MR) is 83.0 cm³/mol. The molecular weight excluding hydrogens is 286 g/mol. The first-order chi connectivity index (χ1) is 9.70. The zero-order valence-corrected chi connectivity index (χ0v) is 14.1. The van der Waals surface area contributed by atoms with Crippen LogP contribution in [0.1, 0.15) is 49.7 Å². The highest BCUT2D eigenvalue weighted by Crippen LogP contribution is 2.44. The third kappa shape index (κ3) is 2.88. The summed E-state index contributed by atoms with van der Waals surface area (Å²) < 4.78 is 25.3. The van der Waals surface area contributed by atoms with E-state index < -0.39 is 9.84 Å². The SMILES string of the molecule is Cc1nn(C2CCS(=O)(=O)C2)c(C)c1CNC1CC1(C)C. The molecule has 1 saturated carbocycles. The quantitative estimate of drug-likeness (QED) is 0.920. The highest BCUT2D eigenvalue weighted by molar-refractivity contribution is 7.91. The maximum Gasteiger partial charge on any atom is 0.152 e. The molecule has 0 amide bonds. The minimum atomic E-state index is -2.87. The van der Waals surface area contributed by atoms with Gasteiger partial charge < -0.3 is 5.32 Å². The molecule has 6 heteroatoms. The Bertz CT molecular complexity index is 661. The molecule has 5 nitrogen and oxygen atoms in total. The molecule has 2 aliphatic rings. The molecule has 2 fully saturated rings. The van der Waals surface area contributed by atoms with Crippen molar-refractivity contribution >= 4 is 9.84 Å². The van der Waals surface area contributed by atoms with E-state index in [2.05, 4.69) is 31.2 Å². The van der Waals surface area contributed by atoms with E-state index in [1.807, 2.05) is 11.6 Å². The first-order valence-corrected chi connectivity index (χ1v) is 9.50. The summed E-state index contributed by atoms with van der Waals surface area (Å²) in [7, 11) is -2.87. The average Bonchev–Trinajstić information content (AvgIpc) is 2.68. The highest BCUT2D eigenvalue weighted by atomic mass is 32.2. The minimum Gasteiger partial charge on any atom is -0.309 e. The number of nitrogens with zero attached hydrogens (tertiary/aromatic N) is 2. The molecular formula is C15H25N3O2S. The highest BCUT2D eigenvalue weighted by Gasteiger charge is 2.45. The zero-order valence-electron chi connectivity index (χ0n) is 13.3. The summed E-state index contributed by atoms with van der Waals surface area (Å²) in [6.07, 6.45) is 1.91. The Kier molecular flexibility index (Phi) is 3.44. The van der Waals surface area contributed by atoms with Gasteiger partial charge in [0.1, 0.15) is 0 Å². The first-order valence-electron chi connectivity index (χ1n) is 7.68. The lowest BCUT2D eigenvalue weighted by Crippen LogP contribution is -2.21. The lowest BCUT2D eigenvalue weighted by atomic mass is 10.1. The largest absolute Gasteiger partial charge is 0.309 e. The maximum atomic E-state index is 11.7. The van der Waals surface area contributed by atoms with Gasteiger partial charge in [0.25, 0.3) is 0 Å². The van der Waals surface area contributed by atoms with E-state index in [0.717, 1.165) is 17.9 Å². The number of nitrogens with one attached hydrogen (secondary N) is 1. The fraction of sp³-hybridized carbons (Fsp3) is 0.800. The van der Waals surface area contributed by atoms with Crippen LogP contribution in [0.4, 0.5) is 0 Å². The Labute approximate surface area is 127 Å². The summed E-state index contributed by atoms with van der Waals surface area (Å²) in [5.41, 5.74) is 3.77. The van der Waals surface area contributed by atoms with Gasteiger partial charge in [0.05, 0.1) is 23.2 Å². The van der Waals surface area contributed by atoms with Crippen LogP contribution in [0.15, 0.2) is 0 Å². The van der Waals surface area contributed by atoms with Crippen molar-refractivity contribution in [3.63, 3.8) is 0 Å². The standard InChI is InChI=1S/C15H25N3O2S/c1-10-13(8-16-14-7-15(14,3)4)11(2)18(17-10)12-5-6-21(19,20)9-12/h12,14,16H,5-9H2,1-4H3. The van der Waals surface area contributed by atoms with Crippen LogP contribution in [0.5, 0.6) is 0 Å². The van der Waals surface area contributed by atoms with Crippen LogP contribution in [0.3, 0.4) is 0 Å². The van der Waals surface area contributed by atoms with Crippen molar-refractivity contribution in [2.24, 2.45) is 5.41 Å². The molecule has 0 spiro atoms. The van der Waals surface area contributed by atoms with Gasteiger partial charge in [0.2, 0.25) is 0 Å². The molecule has 0 bridgehead atoms. The van der Waals surface area contributed by atoms with Crippen LogP contribution in [-0.2, 0) is 16.4 Å². The topological polar surface area (TPSA) is 64.0 Å². The Morgan fingerprint density at radius 1 is 1.38 bits per heavy atom. The number of sulfone groups is 1. The Morgan fingerprint density at radius 2 is 2.05 bits per heavy atom. The van der Waals surface area contributed by atoms with Crippen molar-refractivity contribution in [3.05, 3.63) is 17.0 Å². The summed E-state index contributed by atoms with van der Waals surface area (Å²) in [4.78, 5) is 0. The fourth-order valence-corrected chi connectivity index (χ4v) is 5.01. The first kappa shape index (κ1) is 15.0. The van der Waals surface area contributed by atoms with Crippen LogP contribution in [-0.4, -0.2) is 35.7 Å². The second kappa shape index (κ2) is 4.81. The fourth-order valence-electron chi connectivity index (χ4n) is 3.32. The van der Waals surface area contributed by atoms with Gasteiger partial charge in [-0.1, -0.05) is 13.8 Å². The maximum absolute atomic E-state index is 11.7.